The van der Waals surface area contributed by atoms with Gasteiger partial charge in [0, 0.05) is 18.7 Å². The number of amides is 1. The van der Waals surface area contributed by atoms with Crippen molar-refractivity contribution in [2.75, 3.05) is 19.9 Å². The van der Waals surface area contributed by atoms with Gasteiger partial charge in [0.05, 0.1) is 22.6 Å². The van der Waals surface area contributed by atoms with Crippen molar-refractivity contribution in [3.05, 3.63) is 60.0 Å². The SMILES string of the molecule is O=C(c1cc(-c2ccc3c(c2)OCO3)n[nH]1)N1CC(c2nc3ccccc3[nH]2)C1. The minimum Gasteiger partial charge on any atom is -0.454 e. The molecule has 1 amide bonds. The van der Waals surface area contributed by atoms with Crippen LogP contribution in [0.5, 0.6) is 11.5 Å². The van der Waals surface area contributed by atoms with E-state index in [0.717, 1.165) is 28.2 Å². The maximum atomic E-state index is 12.8. The van der Waals surface area contributed by atoms with Gasteiger partial charge in [0.15, 0.2) is 11.5 Å². The van der Waals surface area contributed by atoms with Crippen molar-refractivity contribution in [1.82, 2.24) is 25.1 Å². The van der Waals surface area contributed by atoms with Gasteiger partial charge in [-0.3, -0.25) is 9.89 Å². The lowest BCUT2D eigenvalue weighted by Gasteiger charge is -2.37. The fraction of sp³-hybridized carbons (Fsp3) is 0.190. The van der Waals surface area contributed by atoms with Crippen LogP contribution in [0, 0.1) is 0 Å². The molecule has 8 heteroatoms. The summed E-state index contributed by atoms with van der Waals surface area (Å²) in [6.07, 6.45) is 0. The Labute approximate surface area is 165 Å². The Hall–Kier alpha value is -3.81. The minimum absolute atomic E-state index is 0.0585. The Balaban J connectivity index is 1.16. The van der Waals surface area contributed by atoms with E-state index in [9.17, 15) is 4.79 Å². The molecule has 0 bridgehead atoms. The Kier molecular flexibility index (Phi) is 3.40. The standard InChI is InChI=1S/C21H17N5O3/c27-21(26-9-13(10-26)20-22-14-3-1-2-4-15(14)23-20)17-8-16(24-25-17)12-5-6-18-19(7-12)29-11-28-18/h1-8,13H,9-11H2,(H,22,23)(H,24,25). The predicted molar refractivity (Wildman–Crippen MR) is 105 cm³/mol. The number of H-pyrrole nitrogens is 2. The van der Waals surface area contributed by atoms with E-state index in [1.54, 1.807) is 11.0 Å². The van der Waals surface area contributed by atoms with Crippen LogP contribution in [0.4, 0.5) is 0 Å². The molecular weight excluding hydrogens is 370 g/mol. The largest absolute Gasteiger partial charge is 0.454 e. The van der Waals surface area contributed by atoms with Crippen LogP contribution in [-0.2, 0) is 0 Å². The second-order valence-corrected chi connectivity index (χ2v) is 7.28. The van der Waals surface area contributed by atoms with Crippen molar-refractivity contribution < 1.29 is 14.3 Å². The van der Waals surface area contributed by atoms with Crippen LogP contribution in [0.2, 0.25) is 0 Å². The molecule has 4 heterocycles. The summed E-state index contributed by atoms with van der Waals surface area (Å²) in [5, 5.41) is 7.15. The summed E-state index contributed by atoms with van der Waals surface area (Å²) in [6, 6.07) is 15.3. The first-order chi connectivity index (χ1) is 14.2. The third-order valence-electron chi connectivity index (χ3n) is 5.44. The second kappa shape index (κ2) is 6.10. The first-order valence-corrected chi connectivity index (χ1v) is 9.44. The fourth-order valence-corrected chi connectivity index (χ4v) is 3.79. The van der Waals surface area contributed by atoms with Crippen LogP contribution in [0.3, 0.4) is 0 Å². The summed E-state index contributed by atoms with van der Waals surface area (Å²) in [4.78, 5) is 22.6. The molecule has 0 aliphatic carbocycles. The lowest BCUT2D eigenvalue weighted by atomic mass is 9.99. The highest BCUT2D eigenvalue weighted by molar-refractivity contribution is 5.94. The van der Waals surface area contributed by atoms with Crippen LogP contribution in [0.1, 0.15) is 22.2 Å². The molecule has 2 aromatic heterocycles. The molecule has 2 aromatic carbocycles. The molecule has 1 fully saturated rings. The zero-order chi connectivity index (χ0) is 19.4. The number of carbonyl (C=O) groups excluding carboxylic acids is 1. The van der Waals surface area contributed by atoms with Crippen molar-refractivity contribution in [3.63, 3.8) is 0 Å². The number of fused-ring (bicyclic) bond motifs is 2. The molecule has 29 heavy (non-hydrogen) atoms. The fourth-order valence-electron chi connectivity index (χ4n) is 3.79. The average molecular weight is 387 g/mol. The summed E-state index contributed by atoms with van der Waals surface area (Å²) in [5.74, 6) is 2.51. The molecule has 144 valence electrons. The molecule has 6 rings (SSSR count). The maximum Gasteiger partial charge on any atom is 0.271 e. The molecule has 2 aliphatic heterocycles. The van der Waals surface area contributed by atoms with Gasteiger partial charge in [-0.15, -0.1) is 0 Å². The van der Waals surface area contributed by atoms with E-state index >= 15 is 0 Å². The molecule has 1 saturated heterocycles. The van der Waals surface area contributed by atoms with Gasteiger partial charge < -0.3 is 19.4 Å². The molecule has 0 spiro atoms. The lowest BCUT2D eigenvalue weighted by molar-refractivity contribution is 0.0589. The molecule has 0 atom stereocenters. The number of nitrogens with zero attached hydrogens (tertiary/aromatic N) is 3. The number of hydrogen-bond donors (Lipinski definition) is 2. The lowest BCUT2D eigenvalue weighted by Crippen LogP contribution is -2.48. The number of para-hydroxylation sites is 2. The first kappa shape index (κ1) is 16.2. The number of nitrogens with one attached hydrogen (secondary N) is 2. The van der Waals surface area contributed by atoms with Gasteiger partial charge in [-0.05, 0) is 36.4 Å². The molecule has 0 saturated carbocycles. The topological polar surface area (TPSA) is 96.1 Å². The highest BCUT2D eigenvalue weighted by atomic mass is 16.7. The monoisotopic (exact) mass is 387 g/mol. The van der Waals surface area contributed by atoms with E-state index in [-0.39, 0.29) is 18.6 Å². The summed E-state index contributed by atoms with van der Waals surface area (Å²) >= 11 is 0. The third kappa shape index (κ3) is 2.64. The van der Waals surface area contributed by atoms with Gasteiger partial charge in [-0.25, -0.2) is 4.98 Å². The average Bonchev–Trinajstić information content (AvgIpc) is 3.44. The van der Waals surface area contributed by atoms with Crippen molar-refractivity contribution >= 4 is 16.9 Å². The van der Waals surface area contributed by atoms with Gasteiger partial charge in [0.2, 0.25) is 6.79 Å². The Morgan fingerprint density at radius 3 is 2.83 bits per heavy atom. The molecule has 4 aromatic rings. The zero-order valence-electron chi connectivity index (χ0n) is 15.4. The van der Waals surface area contributed by atoms with Gasteiger partial charge in [-0.2, -0.15) is 5.10 Å². The zero-order valence-corrected chi connectivity index (χ0v) is 15.4. The van der Waals surface area contributed by atoms with E-state index < -0.39 is 0 Å². The smallest absolute Gasteiger partial charge is 0.271 e. The number of ether oxygens (including phenoxy) is 2. The van der Waals surface area contributed by atoms with E-state index in [1.807, 2.05) is 42.5 Å². The highest BCUT2D eigenvalue weighted by Crippen LogP contribution is 2.35. The summed E-state index contributed by atoms with van der Waals surface area (Å²) in [5.41, 5.74) is 4.01. The summed E-state index contributed by atoms with van der Waals surface area (Å²) in [6.45, 7) is 1.50. The molecule has 0 radical (unpaired) electrons. The minimum atomic E-state index is -0.0585. The van der Waals surface area contributed by atoms with Crippen LogP contribution < -0.4 is 9.47 Å². The molecule has 2 N–H and O–H groups in total. The quantitative estimate of drug-likeness (QED) is 0.563. The number of aromatic nitrogens is 4. The molecule has 8 nitrogen and oxygen atoms in total. The number of carbonyl (C=O) groups is 1. The summed E-state index contributed by atoms with van der Waals surface area (Å²) in [7, 11) is 0. The third-order valence-corrected chi connectivity index (χ3v) is 5.44. The number of imidazole rings is 1. The van der Waals surface area contributed by atoms with Gasteiger partial charge in [0.1, 0.15) is 11.5 Å². The number of aromatic amines is 2. The Bertz CT molecular complexity index is 1210. The molecule has 2 aliphatic rings. The van der Waals surface area contributed by atoms with Crippen molar-refractivity contribution in [3.8, 4) is 22.8 Å². The second-order valence-electron chi connectivity index (χ2n) is 7.28. The molecule has 0 unspecified atom stereocenters. The summed E-state index contributed by atoms with van der Waals surface area (Å²) < 4.78 is 10.7. The number of hydrogen-bond acceptors (Lipinski definition) is 5. The first-order valence-electron chi connectivity index (χ1n) is 9.44. The van der Waals surface area contributed by atoms with Crippen molar-refractivity contribution in [1.29, 1.82) is 0 Å². The maximum absolute atomic E-state index is 12.8. The normalized spacial score (nSPS) is 15.7. The van der Waals surface area contributed by atoms with Crippen molar-refractivity contribution in [2.45, 2.75) is 5.92 Å². The highest BCUT2D eigenvalue weighted by Gasteiger charge is 2.35. The number of likely N-dealkylation sites (tertiary alicyclic amines) is 1. The van der Waals surface area contributed by atoms with Crippen LogP contribution in [0.25, 0.3) is 22.3 Å². The van der Waals surface area contributed by atoms with E-state index in [0.29, 0.717) is 30.2 Å². The molecular formula is C21H17N5O3. The number of rotatable bonds is 3. The van der Waals surface area contributed by atoms with Crippen molar-refractivity contribution in [2.24, 2.45) is 0 Å². The Morgan fingerprint density at radius 2 is 1.93 bits per heavy atom. The van der Waals surface area contributed by atoms with E-state index in [4.69, 9.17) is 9.47 Å². The van der Waals surface area contributed by atoms with E-state index in [1.165, 1.54) is 0 Å². The van der Waals surface area contributed by atoms with Crippen LogP contribution in [0.15, 0.2) is 48.5 Å². The van der Waals surface area contributed by atoms with E-state index in [2.05, 4.69) is 20.2 Å². The van der Waals surface area contributed by atoms with Gasteiger partial charge >= 0.3 is 0 Å². The van der Waals surface area contributed by atoms with Gasteiger partial charge in [0.25, 0.3) is 5.91 Å². The van der Waals surface area contributed by atoms with Crippen LogP contribution in [-0.4, -0.2) is 50.9 Å². The Morgan fingerprint density at radius 1 is 1.07 bits per heavy atom. The number of benzene rings is 2. The predicted octanol–water partition coefficient (Wildman–Crippen LogP) is 2.92. The van der Waals surface area contributed by atoms with Gasteiger partial charge in [-0.1, -0.05) is 12.1 Å². The van der Waals surface area contributed by atoms with Crippen LogP contribution >= 0.6 is 0 Å².